The summed E-state index contributed by atoms with van der Waals surface area (Å²) in [5.74, 6) is 0. The first-order valence-corrected chi connectivity index (χ1v) is 6.43. The van der Waals surface area contributed by atoms with Gasteiger partial charge in [0.15, 0.2) is 0 Å². The van der Waals surface area contributed by atoms with Crippen LogP contribution in [0.3, 0.4) is 0 Å². The summed E-state index contributed by atoms with van der Waals surface area (Å²) in [5, 5.41) is 4.42. The van der Waals surface area contributed by atoms with E-state index in [4.69, 9.17) is 23.2 Å². The van der Waals surface area contributed by atoms with Crippen LogP contribution in [0.2, 0.25) is 10.0 Å². The monoisotopic (exact) mass is 276 g/mol. The second-order valence-corrected chi connectivity index (χ2v) is 4.97. The summed E-state index contributed by atoms with van der Waals surface area (Å²) in [6.07, 6.45) is 0. The second-order valence-electron chi connectivity index (χ2n) is 4.12. The summed E-state index contributed by atoms with van der Waals surface area (Å²) in [6.45, 7) is 2.98. The molecular formula is C12H15Cl2FN2. The molecule has 0 bridgehead atoms. The van der Waals surface area contributed by atoms with Gasteiger partial charge in [0, 0.05) is 36.2 Å². The quantitative estimate of drug-likeness (QED) is 0.913. The Morgan fingerprint density at radius 1 is 1.29 bits per heavy atom. The van der Waals surface area contributed by atoms with Gasteiger partial charge in [-0.25, -0.2) is 4.39 Å². The standard InChI is InChI=1S/C12H15Cl2FN2/c13-9-1-2-11(14)10(7-9)12(8-15)17-5-3-16-4-6-17/h1-2,7,12,16H,3-6,8H2/t12-/m0/s1. The third kappa shape index (κ3) is 3.10. The molecule has 0 saturated carbocycles. The van der Waals surface area contributed by atoms with E-state index >= 15 is 0 Å². The van der Waals surface area contributed by atoms with Crippen molar-refractivity contribution in [3.63, 3.8) is 0 Å². The summed E-state index contributed by atoms with van der Waals surface area (Å²) < 4.78 is 13.3. The molecule has 1 aliphatic rings. The topological polar surface area (TPSA) is 15.3 Å². The highest BCUT2D eigenvalue weighted by molar-refractivity contribution is 6.33. The van der Waals surface area contributed by atoms with E-state index in [0.29, 0.717) is 10.0 Å². The molecule has 1 N–H and O–H groups in total. The van der Waals surface area contributed by atoms with Crippen molar-refractivity contribution in [2.45, 2.75) is 6.04 Å². The van der Waals surface area contributed by atoms with Crippen molar-refractivity contribution in [3.05, 3.63) is 33.8 Å². The summed E-state index contributed by atoms with van der Waals surface area (Å²) in [4.78, 5) is 2.11. The molecule has 2 nitrogen and oxygen atoms in total. The maximum atomic E-state index is 13.3. The normalized spacial score (nSPS) is 19.2. The number of piperazine rings is 1. The van der Waals surface area contributed by atoms with Crippen molar-refractivity contribution in [2.24, 2.45) is 0 Å². The largest absolute Gasteiger partial charge is 0.314 e. The van der Waals surface area contributed by atoms with Gasteiger partial charge in [0.1, 0.15) is 6.67 Å². The smallest absolute Gasteiger partial charge is 0.109 e. The van der Waals surface area contributed by atoms with Gasteiger partial charge in [-0.3, -0.25) is 4.90 Å². The van der Waals surface area contributed by atoms with E-state index in [2.05, 4.69) is 10.2 Å². The lowest BCUT2D eigenvalue weighted by atomic mass is 10.1. The Kier molecular flexibility index (Phi) is 4.62. The van der Waals surface area contributed by atoms with Gasteiger partial charge in [0.25, 0.3) is 0 Å². The summed E-state index contributed by atoms with van der Waals surface area (Å²) >= 11 is 12.1. The van der Waals surface area contributed by atoms with Gasteiger partial charge in [-0.2, -0.15) is 0 Å². The lowest BCUT2D eigenvalue weighted by Crippen LogP contribution is -2.45. The molecule has 1 atom stereocenters. The van der Waals surface area contributed by atoms with Gasteiger partial charge in [-0.15, -0.1) is 0 Å². The van der Waals surface area contributed by atoms with Crippen LogP contribution in [0, 0.1) is 0 Å². The molecular weight excluding hydrogens is 262 g/mol. The molecule has 2 rings (SSSR count). The number of nitrogens with zero attached hydrogens (tertiary/aromatic N) is 1. The number of benzene rings is 1. The summed E-state index contributed by atoms with van der Waals surface area (Å²) in [6, 6.07) is 4.92. The van der Waals surface area contributed by atoms with Crippen LogP contribution < -0.4 is 5.32 Å². The molecule has 0 radical (unpaired) electrons. The van der Waals surface area contributed by atoms with E-state index in [0.717, 1.165) is 31.7 Å². The Morgan fingerprint density at radius 3 is 2.65 bits per heavy atom. The zero-order valence-corrected chi connectivity index (χ0v) is 10.9. The minimum Gasteiger partial charge on any atom is -0.314 e. The van der Waals surface area contributed by atoms with Crippen LogP contribution in [0.5, 0.6) is 0 Å². The van der Waals surface area contributed by atoms with Crippen molar-refractivity contribution >= 4 is 23.2 Å². The van der Waals surface area contributed by atoms with Crippen LogP contribution >= 0.6 is 23.2 Å². The predicted octanol–water partition coefficient (Wildman–Crippen LogP) is 2.91. The van der Waals surface area contributed by atoms with Gasteiger partial charge >= 0.3 is 0 Å². The number of hydrogen-bond donors (Lipinski definition) is 1. The minimum absolute atomic E-state index is 0.289. The van der Waals surface area contributed by atoms with E-state index in [1.54, 1.807) is 18.2 Å². The maximum absolute atomic E-state index is 13.3. The highest BCUT2D eigenvalue weighted by Crippen LogP contribution is 2.30. The molecule has 17 heavy (non-hydrogen) atoms. The molecule has 0 aliphatic carbocycles. The molecule has 1 fully saturated rings. The number of halogens is 3. The summed E-state index contributed by atoms with van der Waals surface area (Å²) in [5.41, 5.74) is 0.781. The van der Waals surface area contributed by atoms with Gasteiger partial charge < -0.3 is 5.32 Å². The van der Waals surface area contributed by atoms with Crippen LogP contribution in [0.4, 0.5) is 4.39 Å². The molecule has 1 aromatic rings. The average Bonchev–Trinajstić information content (AvgIpc) is 2.36. The second kappa shape index (κ2) is 6.01. The van der Waals surface area contributed by atoms with Gasteiger partial charge in [-0.05, 0) is 23.8 Å². The first kappa shape index (κ1) is 13.1. The zero-order valence-electron chi connectivity index (χ0n) is 9.43. The van der Waals surface area contributed by atoms with E-state index in [9.17, 15) is 4.39 Å². The molecule has 5 heteroatoms. The molecule has 1 heterocycles. The Morgan fingerprint density at radius 2 is 2.00 bits per heavy atom. The van der Waals surface area contributed by atoms with E-state index in [-0.39, 0.29) is 6.04 Å². The summed E-state index contributed by atoms with van der Waals surface area (Å²) in [7, 11) is 0. The van der Waals surface area contributed by atoms with Crippen molar-refractivity contribution < 1.29 is 4.39 Å². The average molecular weight is 277 g/mol. The lowest BCUT2D eigenvalue weighted by molar-refractivity contribution is 0.147. The molecule has 0 aromatic heterocycles. The fraction of sp³-hybridized carbons (Fsp3) is 0.500. The maximum Gasteiger partial charge on any atom is 0.109 e. The Hall–Kier alpha value is -0.350. The Balaban J connectivity index is 2.24. The predicted molar refractivity (Wildman–Crippen MR) is 69.6 cm³/mol. The van der Waals surface area contributed by atoms with Crippen molar-refractivity contribution in [3.8, 4) is 0 Å². The number of rotatable bonds is 3. The highest BCUT2D eigenvalue weighted by Gasteiger charge is 2.24. The van der Waals surface area contributed by atoms with Gasteiger partial charge in [0.2, 0.25) is 0 Å². The van der Waals surface area contributed by atoms with Crippen LogP contribution in [0.25, 0.3) is 0 Å². The third-order valence-electron chi connectivity index (χ3n) is 3.06. The number of nitrogens with one attached hydrogen (secondary N) is 1. The van der Waals surface area contributed by atoms with E-state index in [1.165, 1.54) is 0 Å². The first-order valence-electron chi connectivity index (χ1n) is 5.68. The molecule has 1 aliphatic heterocycles. The van der Waals surface area contributed by atoms with Crippen molar-refractivity contribution in [1.29, 1.82) is 0 Å². The molecule has 0 spiro atoms. The number of alkyl halides is 1. The fourth-order valence-electron chi connectivity index (χ4n) is 2.14. The van der Waals surface area contributed by atoms with E-state index < -0.39 is 6.67 Å². The van der Waals surface area contributed by atoms with Crippen LogP contribution in [-0.2, 0) is 0 Å². The van der Waals surface area contributed by atoms with Gasteiger partial charge in [-0.1, -0.05) is 23.2 Å². The molecule has 94 valence electrons. The molecule has 0 unspecified atom stereocenters. The lowest BCUT2D eigenvalue weighted by Gasteiger charge is -2.34. The molecule has 0 amide bonds. The zero-order chi connectivity index (χ0) is 12.3. The molecule has 1 saturated heterocycles. The fourth-order valence-corrected chi connectivity index (χ4v) is 2.57. The first-order chi connectivity index (χ1) is 8.22. The molecule has 1 aromatic carbocycles. The van der Waals surface area contributed by atoms with Crippen molar-refractivity contribution in [2.75, 3.05) is 32.9 Å². The minimum atomic E-state index is -0.444. The highest BCUT2D eigenvalue weighted by atomic mass is 35.5. The van der Waals surface area contributed by atoms with Crippen LogP contribution in [0.15, 0.2) is 18.2 Å². The Labute approximate surface area is 111 Å². The Bertz CT molecular complexity index is 381. The third-order valence-corrected chi connectivity index (χ3v) is 3.63. The van der Waals surface area contributed by atoms with Crippen LogP contribution in [-0.4, -0.2) is 37.8 Å². The number of hydrogen-bond acceptors (Lipinski definition) is 2. The van der Waals surface area contributed by atoms with Crippen molar-refractivity contribution in [1.82, 2.24) is 10.2 Å². The SMILES string of the molecule is FC[C@@H](c1cc(Cl)ccc1Cl)N1CCNCC1. The van der Waals surface area contributed by atoms with Crippen LogP contribution in [0.1, 0.15) is 11.6 Å². The van der Waals surface area contributed by atoms with E-state index in [1.807, 2.05) is 0 Å². The van der Waals surface area contributed by atoms with Gasteiger partial charge in [0.05, 0.1) is 6.04 Å².